The van der Waals surface area contributed by atoms with Crippen LogP contribution in [-0.2, 0) is 10.2 Å². The SMILES string of the molecule is CN/C(N/C(N)=C/N=C\CC(C)C)=C(\C=N)c1ccc(-c2ccc(C3(C=O)CC3)cc2C)cn1. The van der Waals surface area contributed by atoms with E-state index in [0.29, 0.717) is 28.8 Å². The lowest BCUT2D eigenvalue weighted by Gasteiger charge is -2.15. The highest BCUT2D eigenvalue weighted by Crippen LogP contribution is 2.47. The largest absolute Gasteiger partial charge is 0.384 e. The van der Waals surface area contributed by atoms with E-state index in [1.54, 1.807) is 19.4 Å². The minimum atomic E-state index is -0.276. The van der Waals surface area contributed by atoms with Gasteiger partial charge in [0.1, 0.15) is 17.9 Å². The summed E-state index contributed by atoms with van der Waals surface area (Å²) in [5, 5.41) is 14.0. The highest BCUT2D eigenvalue weighted by atomic mass is 16.1. The molecular weight excluding hydrogens is 424 g/mol. The molecule has 0 saturated heterocycles. The summed E-state index contributed by atoms with van der Waals surface area (Å²) in [6.07, 6.45) is 10.2. The highest BCUT2D eigenvalue weighted by molar-refractivity contribution is 6.08. The number of nitrogens with one attached hydrogen (secondary N) is 3. The number of benzene rings is 1. The van der Waals surface area contributed by atoms with Crippen molar-refractivity contribution in [2.45, 2.75) is 45.4 Å². The van der Waals surface area contributed by atoms with E-state index in [9.17, 15) is 4.79 Å². The van der Waals surface area contributed by atoms with Crippen LogP contribution in [0.2, 0.25) is 0 Å². The van der Waals surface area contributed by atoms with Gasteiger partial charge in [0.2, 0.25) is 0 Å². The molecular formula is C27H34N6O. The molecule has 1 saturated carbocycles. The number of pyridine rings is 1. The first-order chi connectivity index (χ1) is 16.3. The molecule has 0 atom stereocenters. The maximum absolute atomic E-state index is 11.5. The first kappa shape index (κ1) is 24.9. The Hall–Kier alpha value is -3.74. The number of carbonyl (C=O) groups is 1. The van der Waals surface area contributed by atoms with Crippen LogP contribution < -0.4 is 16.4 Å². The van der Waals surface area contributed by atoms with Crippen molar-refractivity contribution in [2.24, 2.45) is 16.6 Å². The van der Waals surface area contributed by atoms with Gasteiger partial charge < -0.3 is 26.6 Å². The average molecular weight is 459 g/mol. The van der Waals surface area contributed by atoms with Gasteiger partial charge in [0.05, 0.1) is 22.9 Å². The third-order valence-electron chi connectivity index (χ3n) is 5.99. The summed E-state index contributed by atoms with van der Waals surface area (Å²) in [5.41, 5.74) is 11.2. The number of nitrogens with two attached hydrogens (primary N) is 1. The molecule has 1 aromatic heterocycles. The second-order valence-corrected chi connectivity index (χ2v) is 9.09. The molecule has 0 unspecified atom stereocenters. The summed E-state index contributed by atoms with van der Waals surface area (Å²) in [6.45, 7) is 6.31. The molecule has 34 heavy (non-hydrogen) atoms. The summed E-state index contributed by atoms with van der Waals surface area (Å²) in [7, 11) is 1.76. The van der Waals surface area contributed by atoms with Crippen LogP contribution in [0, 0.1) is 18.3 Å². The number of hydrogen-bond acceptors (Lipinski definition) is 7. The molecule has 0 spiro atoms. The molecule has 1 aliphatic carbocycles. The van der Waals surface area contributed by atoms with Crippen LogP contribution in [0.1, 0.15) is 49.9 Å². The molecule has 1 aliphatic rings. The first-order valence-corrected chi connectivity index (χ1v) is 11.5. The van der Waals surface area contributed by atoms with Gasteiger partial charge in [-0.1, -0.05) is 38.1 Å². The van der Waals surface area contributed by atoms with Gasteiger partial charge in [0, 0.05) is 31.2 Å². The van der Waals surface area contributed by atoms with Crippen molar-refractivity contribution in [3.63, 3.8) is 0 Å². The molecule has 5 N–H and O–H groups in total. The van der Waals surface area contributed by atoms with Crippen LogP contribution in [0.4, 0.5) is 0 Å². The van der Waals surface area contributed by atoms with Gasteiger partial charge in [0.15, 0.2) is 0 Å². The molecule has 1 heterocycles. The van der Waals surface area contributed by atoms with Crippen molar-refractivity contribution in [1.82, 2.24) is 15.6 Å². The predicted molar refractivity (Wildman–Crippen MR) is 140 cm³/mol. The molecule has 0 amide bonds. The van der Waals surface area contributed by atoms with Crippen molar-refractivity contribution in [2.75, 3.05) is 7.05 Å². The van der Waals surface area contributed by atoms with Crippen molar-refractivity contribution in [3.05, 3.63) is 71.2 Å². The third-order valence-corrected chi connectivity index (χ3v) is 5.99. The molecule has 1 aromatic carbocycles. The van der Waals surface area contributed by atoms with Crippen LogP contribution in [0.5, 0.6) is 0 Å². The number of aromatic nitrogens is 1. The summed E-state index contributed by atoms with van der Waals surface area (Å²) in [4.78, 5) is 20.3. The van der Waals surface area contributed by atoms with Crippen LogP contribution in [0.25, 0.3) is 16.7 Å². The van der Waals surface area contributed by atoms with Crippen LogP contribution in [0.15, 0.2) is 59.4 Å². The van der Waals surface area contributed by atoms with Crippen molar-refractivity contribution in [1.29, 1.82) is 5.41 Å². The smallest absolute Gasteiger partial charge is 0.130 e. The normalized spacial score (nSPS) is 15.7. The molecule has 178 valence electrons. The minimum Gasteiger partial charge on any atom is -0.384 e. The third kappa shape index (κ3) is 5.78. The highest BCUT2D eigenvalue weighted by Gasteiger charge is 2.44. The fourth-order valence-electron chi connectivity index (χ4n) is 3.74. The molecule has 7 heteroatoms. The Morgan fingerprint density at radius 1 is 1.29 bits per heavy atom. The van der Waals surface area contributed by atoms with E-state index in [-0.39, 0.29) is 5.41 Å². The van der Waals surface area contributed by atoms with Gasteiger partial charge in [0.25, 0.3) is 0 Å². The number of carbonyl (C=O) groups excluding carboxylic acids is 1. The van der Waals surface area contributed by atoms with E-state index < -0.39 is 0 Å². The van der Waals surface area contributed by atoms with Gasteiger partial charge >= 0.3 is 0 Å². The maximum Gasteiger partial charge on any atom is 0.130 e. The number of nitrogens with zero attached hydrogens (tertiary/aromatic N) is 2. The first-order valence-electron chi connectivity index (χ1n) is 11.5. The van der Waals surface area contributed by atoms with Crippen LogP contribution >= 0.6 is 0 Å². The second kappa shape index (κ2) is 10.9. The predicted octanol–water partition coefficient (Wildman–Crippen LogP) is 4.29. The molecule has 0 bridgehead atoms. The van der Waals surface area contributed by atoms with Crippen LogP contribution in [-0.4, -0.2) is 30.7 Å². The Kier molecular flexibility index (Phi) is 7.99. The number of allylic oxidation sites excluding steroid dienone is 1. The Labute approximate surface area is 201 Å². The second-order valence-electron chi connectivity index (χ2n) is 9.09. The Morgan fingerprint density at radius 3 is 2.59 bits per heavy atom. The minimum absolute atomic E-state index is 0.276. The van der Waals surface area contributed by atoms with Gasteiger partial charge in [-0.15, -0.1) is 0 Å². The monoisotopic (exact) mass is 458 g/mol. The zero-order valence-electron chi connectivity index (χ0n) is 20.4. The summed E-state index contributed by atoms with van der Waals surface area (Å²) in [5.74, 6) is 1.46. The van der Waals surface area contributed by atoms with Crippen molar-refractivity contribution < 1.29 is 4.79 Å². The Balaban J connectivity index is 1.81. The molecule has 2 aromatic rings. The maximum atomic E-state index is 11.5. The topological polar surface area (TPSA) is 116 Å². The standard InChI is InChI=1S/C27H34N6O/c1-18(2)9-12-31-16-25(29)33-26(30-4)23(14-28)24-8-5-20(15-32-24)22-7-6-21(13-19(22)3)27(17-34)10-11-27/h5-8,12-18,28,30,33H,9-11,29H2,1-4H3/b25-16+,26-23-,28-14?,31-12-. The lowest BCUT2D eigenvalue weighted by Crippen LogP contribution is -2.28. The number of aliphatic imine (C=N–C) groups is 1. The lowest BCUT2D eigenvalue weighted by atomic mass is 9.92. The Morgan fingerprint density at radius 2 is 2.06 bits per heavy atom. The van der Waals surface area contributed by atoms with Crippen molar-refractivity contribution >= 4 is 24.3 Å². The van der Waals surface area contributed by atoms with Gasteiger partial charge in [-0.05, 0) is 54.9 Å². The molecule has 0 aliphatic heterocycles. The zero-order valence-corrected chi connectivity index (χ0v) is 20.4. The van der Waals surface area contributed by atoms with Crippen molar-refractivity contribution in [3.8, 4) is 11.1 Å². The zero-order chi connectivity index (χ0) is 24.7. The van der Waals surface area contributed by atoms with Gasteiger partial charge in [-0.3, -0.25) is 9.98 Å². The quantitative estimate of drug-likeness (QED) is 0.296. The molecule has 7 nitrogen and oxygen atoms in total. The summed E-state index contributed by atoms with van der Waals surface area (Å²) < 4.78 is 0. The Bertz CT molecular complexity index is 1120. The molecule has 3 rings (SSSR count). The van der Waals surface area contributed by atoms with E-state index >= 15 is 0 Å². The fraction of sp³-hybridized carbons (Fsp3) is 0.333. The number of aryl methyl sites for hydroxylation is 1. The number of aldehydes is 1. The number of rotatable bonds is 11. The molecule has 1 fully saturated rings. The van der Waals surface area contributed by atoms with E-state index in [1.807, 2.05) is 24.4 Å². The number of hydrogen-bond donors (Lipinski definition) is 4. The fourth-order valence-corrected chi connectivity index (χ4v) is 3.74. The summed E-state index contributed by atoms with van der Waals surface area (Å²) >= 11 is 0. The van der Waals surface area contributed by atoms with E-state index in [1.165, 1.54) is 6.21 Å². The molecule has 0 radical (unpaired) electrons. The van der Waals surface area contributed by atoms with Crippen LogP contribution in [0.3, 0.4) is 0 Å². The lowest BCUT2D eigenvalue weighted by molar-refractivity contribution is -0.109. The van der Waals surface area contributed by atoms with Gasteiger partial charge in [-0.25, -0.2) is 0 Å². The van der Waals surface area contributed by atoms with Gasteiger partial charge in [-0.2, -0.15) is 0 Å². The van der Waals surface area contributed by atoms with E-state index in [2.05, 4.69) is 53.5 Å². The summed E-state index contributed by atoms with van der Waals surface area (Å²) in [6, 6.07) is 10.1. The average Bonchev–Trinajstić information content (AvgIpc) is 3.63. The van der Waals surface area contributed by atoms with E-state index in [4.69, 9.17) is 11.1 Å². The van der Waals surface area contributed by atoms with E-state index in [0.717, 1.165) is 47.8 Å².